The minimum absolute atomic E-state index is 0. The molecule has 0 spiro atoms. The SMILES string of the molecule is Cl.NCCC1CCN(Cc2ccccc2)C1. The molecule has 3 heteroatoms. The van der Waals surface area contributed by atoms with E-state index in [9.17, 15) is 0 Å². The summed E-state index contributed by atoms with van der Waals surface area (Å²) in [4.78, 5) is 2.54. The van der Waals surface area contributed by atoms with Crippen molar-refractivity contribution >= 4 is 12.4 Å². The first-order valence-electron chi connectivity index (χ1n) is 5.85. The van der Waals surface area contributed by atoms with E-state index < -0.39 is 0 Å². The predicted octanol–water partition coefficient (Wildman–Crippen LogP) is 2.28. The standard InChI is InChI=1S/C13H20N2.ClH/c14-8-6-13-7-9-15(11-13)10-12-4-2-1-3-5-12;/h1-5,13H,6-11,14H2;1H. The Morgan fingerprint density at radius 3 is 2.69 bits per heavy atom. The second-order valence-electron chi connectivity index (χ2n) is 4.45. The van der Waals surface area contributed by atoms with Crippen LogP contribution in [0, 0.1) is 5.92 Å². The monoisotopic (exact) mass is 240 g/mol. The highest BCUT2D eigenvalue weighted by molar-refractivity contribution is 5.85. The molecule has 1 aliphatic rings. The summed E-state index contributed by atoms with van der Waals surface area (Å²) in [6.45, 7) is 4.40. The van der Waals surface area contributed by atoms with Crippen LogP contribution in [-0.2, 0) is 6.54 Å². The van der Waals surface area contributed by atoms with Crippen LogP contribution < -0.4 is 5.73 Å². The highest BCUT2D eigenvalue weighted by Gasteiger charge is 2.21. The number of halogens is 1. The third-order valence-corrected chi connectivity index (χ3v) is 3.19. The van der Waals surface area contributed by atoms with Gasteiger partial charge in [-0.05, 0) is 37.4 Å². The summed E-state index contributed by atoms with van der Waals surface area (Å²) in [5.74, 6) is 0.832. The van der Waals surface area contributed by atoms with Gasteiger partial charge in [0.1, 0.15) is 0 Å². The van der Waals surface area contributed by atoms with Crippen molar-refractivity contribution in [3.05, 3.63) is 35.9 Å². The summed E-state index contributed by atoms with van der Waals surface area (Å²) in [6.07, 6.45) is 2.51. The summed E-state index contributed by atoms with van der Waals surface area (Å²) < 4.78 is 0. The quantitative estimate of drug-likeness (QED) is 0.875. The molecule has 1 saturated heterocycles. The molecule has 2 rings (SSSR count). The van der Waals surface area contributed by atoms with Crippen LogP contribution in [0.15, 0.2) is 30.3 Å². The van der Waals surface area contributed by atoms with E-state index in [1.54, 1.807) is 0 Å². The molecule has 1 unspecified atom stereocenters. The molecule has 0 saturated carbocycles. The lowest BCUT2D eigenvalue weighted by Gasteiger charge is -2.15. The van der Waals surface area contributed by atoms with E-state index >= 15 is 0 Å². The van der Waals surface area contributed by atoms with E-state index in [-0.39, 0.29) is 12.4 Å². The molecule has 2 nitrogen and oxygen atoms in total. The highest BCUT2D eigenvalue weighted by atomic mass is 35.5. The van der Waals surface area contributed by atoms with Gasteiger partial charge in [0.15, 0.2) is 0 Å². The predicted molar refractivity (Wildman–Crippen MR) is 70.7 cm³/mol. The van der Waals surface area contributed by atoms with E-state index in [0.29, 0.717) is 0 Å². The minimum atomic E-state index is 0. The lowest BCUT2D eigenvalue weighted by molar-refractivity contribution is 0.314. The van der Waals surface area contributed by atoms with Gasteiger partial charge >= 0.3 is 0 Å². The van der Waals surface area contributed by atoms with Crippen molar-refractivity contribution in [3.8, 4) is 0 Å². The van der Waals surface area contributed by atoms with Crippen molar-refractivity contribution in [1.29, 1.82) is 0 Å². The van der Waals surface area contributed by atoms with Gasteiger partial charge in [0.05, 0.1) is 0 Å². The maximum absolute atomic E-state index is 5.59. The molecule has 1 fully saturated rings. The molecule has 90 valence electrons. The molecule has 0 aliphatic carbocycles. The molecule has 2 N–H and O–H groups in total. The fourth-order valence-corrected chi connectivity index (χ4v) is 2.37. The van der Waals surface area contributed by atoms with Gasteiger partial charge in [0.2, 0.25) is 0 Å². The van der Waals surface area contributed by atoms with Crippen LogP contribution in [0.5, 0.6) is 0 Å². The van der Waals surface area contributed by atoms with Gasteiger partial charge in [-0.15, -0.1) is 12.4 Å². The maximum Gasteiger partial charge on any atom is 0.0233 e. The van der Waals surface area contributed by atoms with E-state index in [0.717, 1.165) is 19.0 Å². The molecule has 0 radical (unpaired) electrons. The van der Waals surface area contributed by atoms with Crippen molar-refractivity contribution in [2.45, 2.75) is 19.4 Å². The molecule has 0 bridgehead atoms. The van der Waals surface area contributed by atoms with Gasteiger partial charge in [-0.25, -0.2) is 0 Å². The molecule has 0 amide bonds. The van der Waals surface area contributed by atoms with Crippen LogP contribution in [0.3, 0.4) is 0 Å². The summed E-state index contributed by atoms with van der Waals surface area (Å²) in [5.41, 5.74) is 7.01. The number of rotatable bonds is 4. The molecule has 1 atom stereocenters. The summed E-state index contributed by atoms with van der Waals surface area (Å²) >= 11 is 0. The van der Waals surface area contributed by atoms with Gasteiger partial charge in [-0.2, -0.15) is 0 Å². The first-order chi connectivity index (χ1) is 7.38. The van der Waals surface area contributed by atoms with Crippen LogP contribution in [-0.4, -0.2) is 24.5 Å². The van der Waals surface area contributed by atoms with Crippen LogP contribution in [0.2, 0.25) is 0 Å². The van der Waals surface area contributed by atoms with E-state index in [4.69, 9.17) is 5.73 Å². The van der Waals surface area contributed by atoms with Crippen molar-refractivity contribution in [2.75, 3.05) is 19.6 Å². The molecule has 1 aliphatic heterocycles. The smallest absolute Gasteiger partial charge is 0.0233 e. The summed E-state index contributed by atoms with van der Waals surface area (Å²) in [5, 5.41) is 0. The Bertz CT molecular complexity index is 289. The zero-order valence-corrected chi connectivity index (χ0v) is 10.5. The summed E-state index contributed by atoms with van der Waals surface area (Å²) in [6, 6.07) is 10.7. The van der Waals surface area contributed by atoms with Gasteiger partial charge in [-0.3, -0.25) is 4.90 Å². The fourth-order valence-electron chi connectivity index (χ4n) is 2.37. The maximum atomic E-state index is 5.59. The van der Waals surface area contributed by atoms with Crippen molar-refractivity contribution in [1.82, 2.24) is 4.90 Å². The fraction of sp³-hybridized carbons (Fsp3) is 0.538. The molecule has 1 heterocycles. The number of likely N-dealkylation sites (tertiary alicyclic amines) is 1. The third-order valence-electron chi connectivity index (χ3n) is 3.19. The lowest BCUT2D eigenvalue weighted by Crippen LogP contribution is -2.20. The van der Waals surface area contributed by atoms with Gasteiger partial charge in [0, 0.05) is 13.1 Å². The third kappa shape index (κ3) is 3.78. The van der Waals surface area contributed by atoms with E-state index in [1.807, 2.05) is 0 Å². The number of hydrogen-bond acceptors (Lipinski definition) is 2. The molecule has 16 heavy (non-hydrogen) atoms. The Hall–Kier alpha value is -0.570. The largest absolute Gasteiger partial charge is 0.330 e. The topological polar surface area (TPSA) is 29.3 Å². The Morgan fingerprint density at radius 1 is 1.25 bits per heavy atom. The number of nitrogens with zero attached hydrogens (tertiary/aromatic N) is 1. The van der Waals surface area contributed by atoms with E-state index in [2.05, 4.69) is 35.2 Å². The van der Waals surface area contributed by atoms with Crippen LogP contribution >= 0.6 is 12.4 Å². The van der Waals surface area contributed by atoms with Crippen molar-refractivity contribution in [2.24, 2.45) is 11.7 Å². The molecular formula is C13H21ClN2. The van der Waals surface area contributed by atoms with Gasteiger partial charge in [-0.1, -0.05) is 30.3 Å². The van der Waals surface area contributed by atoms with E-state index in [1.165, 1.54) is 31.5 Å². The average molecular weight is 241 g/mol. The molecule has 0 aromatic heterocycles. The van der Waals surface area contributed by atoms with Gasteiger partial charge < -0.3 is 5.73 Å². The Balaban J connectivity index is 0.00000128. The van der Waals surface area contributed by atoms with Gasteiger partial charge in [0.25, 0.3) is 0 Å². The zero-order valence-electron chi connectivity index (χ0n) is 9.64. The van der Waals surface area contributed by atoms with Crippen molar-refractivity contribution < 1.29 is 0 Å². The highest BCUT2D eigenvalue weighted by Crippen LogP contribution is 2.20. The zero-order chi connectivity index (χ0) is 10.5. The average Bonchev–Trinajstić information content (AvgIpc) is 2.68. The summed E-state index contributed by atoms with van der Waals surface area (Å²) in [7, 11) is 0. The molecular weight excluding hydrogens is 220 g/mol. The minimum Gasteiger partial charge on any atom is -0.330 e. The van der Waals surface area contributed by atoms with Crippen LogP contribution in [0.4, 0.5) is 0 Å². The Labute approximate surface area is 104 Å². The second kappa shape index (κ2) is 6.89. The van der Waals surface area contributed by atoms with Crippen LogP contribution in [0.1, 0.15) is 18.4 Å². The Kier molecular flexibility index (Phi) is 5.81. The first kappa shape index (κ1) is 13.5. The first-order valence-corrected chi connectivity index (χ1v) is 5.85. The number of hydrogen-bond donors (Lipinski definition) is 1. The van der Waals surface area contributed by atoms with Crippen LogP contribution in [0.25, 0.3) is 0 Å². The second-order valence-corrected chi connectivity index (χ2v) is 4.45. The lowest BCUT2D eigenvalue weighted by atomic mass is 10.1. The number of benzene rings is 1. The normalized spacial score (nSPS) is 20.7. The van der Waals surface area contributed by atoms with Crippen molar-refractivity contribution in [3.63, 3.8) is 0 Å². The molecule has 1 aromatic carbocycles. The molecule has 1 aromatic rings. The Morgan fingerprint density at radius 2 is 2.00 bits per heavy atom. The number of nitrogens with two attached hydrogens (primary N) is 1.